The third kappa shape index (κ3) is 2.49. The molecule has 0 amide bonds. The quantitative estimate of drug-likeness (QED) is 0.844. The number of sulfonamides is 1. The van der Waals surface area contributed by atoms with E-state index in [-0.39, 0.29) is 4.90 Å². The molecule has 0 fully saturated rings. The van der Waals surface area contributed by atoms with Gasteiger partial charge >= 0.3 is 0 Å². The lowest BCUT2D eigenvalue weighted by molar-refractivity contribution is 0.600. The monoisotopic (exact) mass is 294 g/mol. The van der Waals surface area contributed by atoms with Gasteiger partial charge in [-0.15, -0.1) is 0 Å². The smallest absolute Gasteiger partial charge is 0.262 e. The highest BCUT2D eigenvalue weighted by molar-refractivity contribution is 7.92. The van der Waals surface area contributed by atoms with Crippen LogP contribution in [0.15, 0.2) is 23.1 Å². The first-order valence-electron chi connectivity index (χ1n) is 6.11. The van der Waals surface area contributed by atoms with E-state index in [1.165, 1.54) is 6.07 Å². The summed E-state index contributed by atoms with van der Waals surface area (Å²) in [6.45, 7) is 5.29. The molecular weight excluding hydrogens is 276 g/mol. The average Bonchev–Trinajstić information content (AvgIpc) is 2.55. The van der Waals surface area contributed by atoms with E-state index in [4.69, 9.17) is 5.73 Å². The van der Waals surface area contributed by atoms with Crippen LogP contribution in [0.3, 0.4) is 0 Å². The van der Waals surface area contributed by atoms with Gasteiger partial charge in [-0.1, -0.05) is 0 Å². The fourth-order valence-electron chi connectivity index (χ4n) is 2.08. The number of nitrogens with two attached hydrogens (primary N) is 1. The van der Waals surface area contributed by atoms with Gasteiger partial charge in [-0.25, -0.2) is 8.42 Å². The first-order chi connectivity index (χ1) is 9.22. The lowest BCUT2D eigenvalue weighted by atomic mass is 10.2. The molecule has 0 spiro atoms. The van der Waals surface area contributed by atoms with Gasteiger partial charge in [0.25, 0.3) is 10.0 Å². The summed E-state index contributed by atoms with van der Waals surface area (Å²) < 4.78 is 29.2. The van der Waals surface area contributed by atoms with Crippen molar-refractivity contribution in [2.24, 2.45) is 7.05 Å². The zero-order valence-electron chi connectivity index (χ0n) is 11.9. The SMILES string of the molecule is Cc1cc(N)ccc1S(=O)(=O)Nc1c(C)nn(C)c1C. The van der Waals surface area contributed by atoms with Crippen LogP contribution in [0.4, 0.5) is 11.4 Å². The van der Waals surface area contributed by atoms with E-state index in [1.807, 2.05) is 6.92 Å². The zero-order valence-corrected chi connectivity index (χ0v) is 12.7. The second kappa shape index (κ2) is 4.82. The number of aromatic nitrogens is 2. The van der Waals surface area contributed by atoms with Crippen LogP contribution in [0.2, 0.25) is 0 Å². The van der Waals surface area contributed by atoms with Crippen molar-refractivity contribution >= 4 is 21.4 Å². The van der Waals surface area contributed by atoms with Gasteiger partial charge in [-0.05, 0) is 44.5 Å². The van der Waals surface area contributed by atoms with Crippen molar-refractivity contribution in [2.75, 3.05) is 10.5 Å². The van der Waals surface area contributed by atoms with E-state index in [0.717, 1.165) is 5.69 Å². The van der Waals surface area contributed by atoms with Crippen molar-refractivity contribution in [2.45, 2.75) is 25.7 Å². The summed E-state index contributed by atoms with van der Waals surface area (Å²) in [7, 11) is -1.88. The molecule has 7 heteroatoms. The summed E-state index contributed by atoms with van der Waals surface area (Å²) in [5, 5.41) is 4.19. The van der Waals surface area contributed by atoms with Crippen molar-refractivity contribution in [1.82, 2.24) is 9.78 Å². The van der Waals surface area contributed by atoms with Gasteiger partial charge in [0, 0.05) is 12.7 Å². The summed E-state index contributed by atoms with van der Waals surface area (Å²) in [6.07, 6.45) is 0. The molecule has 6 nitrogen and oxygen atoms in total. The number of hydrogen-bond donors (Lipinski definition) is 2. The molecule has 0 unspecified atom stereocenters. The van der Waals surface area contributed by atoms with Crippen LogP contribution >= 0.6 is 0 Å². The van der Waals surface area contributed by atoms with E-state index in [9.17, 15) is 8.42 Å². The van der Waals surface area contributed by atoms with Crippen LogP contribution < -0.4 is 10.5 Å². The molecule has 0 radical (unpaired) electrons. The van der Waals surface area contributed by atoms with Crippen LogP contribution in [-0.4, -0.2) is 18.2 Å². The van der Waals surface area contributed by atoms with Crippen molar-refractivity contribution in [3.05, 3.63) is 35.2 Å². The predicted molar refractivity (Wildman–Crippen MR) is 79.1 cm³/mol. The molecule has 20 heavy (non-hydrogen) atoms. The lowest BCUT2D eigenvalue weighted by Crippen LogP contribution is -2.15. The van der Waals surface area contributed by atoms with E-state index in [1.54, 1.807) is 37.7 Å². The predicted octanol–water partition coefficient (Wildman–Crippen LogP) is 1.73. The summed E-state index contributed by atoms with van der Waals surface area (Å²) in [5.74, 6) is 0. The fourth-order valence-corrected chi connectivity index (χ4v) is 3.49. The van der Waals surface area contributed by atoms with Crippen LogP contribution in [0.5, 0.6) is 0 Å². The molecule has 0 saturated carbocycles. The highest BCUT2D eigenvalue weighted by Crippen LogP contribution is 2.25. The van der Waals surface area contributed by atoms with E-state index < -0.39 is 10.0 Å². The molecule has 1 aromatic carbocycles. The number of hydrogen-bond acceptors (Lipinski definition) is 4. The molecule has 3 N–H and O–H groups in total. The molecule has 108 valence electrons. The molecule has 2 rings (SSSR count). The minimum Gasteiger partial charge on any atom is -0.399 e. The van der Waals surface area contributed by atoms with Crippen LogP contribution in [0.1, 0.15) is 17.0 Å². The highest BCUT2D eigenvalue weighted by Gasteiger charge is 2.20. The first kappa shape index (κ1) is 14.4. The average molecular weight is 294 g/mol. The van der Waals surface area contributed by atoms with Crippen molar-refractivity contribution in [1.29, 1.82) is 0 Å². The van der Waals surface area contributed by atoms with Gasteiger partial charge in [0.05, 0.1) is 22.0 Å². The maximum absolute atomic E-state index is 12.5. The molecular formula is C13H18N4O2S. The standard InChI is InChI=1S/C13H18N4O2S/c1-8-7-11(14)5-6-12(8)20(18,19)16-13-9(2)15-17(4)10(13)3/h5-7,16H,14H2,1-4H3. The third-order valence-electron chi connectivity index (χ3n) is 3.23. The fraction of sp³-hybridized carbons (Fsp3) is 0.308. The van der Waals surface area contributed by atoms with Crippen molar-refractivity contribution in [3.8, 4) is 0 Å². The van der Waals surface area contributed by atoms with Crippen LogP contribution in [0, 0.1) is 20.8 Å². The number of anilines is 2. The van der Waals surface area contributed by atoms with Gasteiger partial charge in [0.1, 0.15) is 0 Å². The number of nitrogen functional groups attached to an aromatic ring is 1. The Morgan fingerprint density at radius 1 is 1.25 bits per heavy atom. The molecule has 0 aliphatic rings. The Kier molecular flexibility index (Phi) is 3.47. The summed E-state index contributed by atoms with van der Waals surface area (Å²) in [4.78, 5) is 0.217. The van der Waals surface area contributed by atoms with Crippen molar-refractivity contribution in [3.63, 3.8) is 0 Å². The van der Waals surface area contributed by atoms with Gasteiger partial charge in [0.2, 0.25) is 0 Å². The molecule has 0 aliphatic heterocycles. The molecule has 0 atom stereocenters. The molecule has 0 aliphatic carbocycles. The third-order valence-corrected chi connectivity index (χ3v) is 4.74. The Balaban J connectivity index is 2.46. The molecule has 0 saturated heterocycles. The maximum atomic E-state index is 12.5. The largest absolute Gasteiger partial charge is 0.399 e. The van der Waals surface area contributed by atoms with Crippen LogP contribution in [-0.2, 0) is 17.1 Å². The number of benzene rings is 1. The van der Waals surface area contributed by atoms with Gasteiger partial charge in [-0.2, -0.15) is 5.10 Å². The van der Waals surface area contributed by atoms with Gasteiger partial charge in [-0.3, -0.25) is 9.40 Å². The Labute approximate surface area is 118 Å². The molecule has 1 aromatic heterocycles. The number of nitrogens with zero attached hydrogens (tertiary/aromatic N) is 2. The summed E-state index contributed by atoms with van der Waals surface area (Å²) in [5.41, 5.74) is 8.71. The topological polar surface area (TPSA) is 90.0 Å². The maximum Gasteiger partial charge on any atom is 0.262 e. The molecule has 0 bridgehead atoms. The van der Waals surface area contributed by atoms with Crippen molar-refractivity contribution < 1.29 is 8.42 Å². The number of rotatable bonds is 3. The Bertz CT molecular complexity index is 763. The van der Waals surface area contributed by atoms with Crippen LogP contribution in [0.25, 0.3) is 0 Å². The minimum atomic E-state index is -3.65. The minimum absolute atomic E-state index is 0.217. The highest BCUT2D eigenvalue weighted by atomic mass is 32.2. The van der Waals surface area contributed by atoms with Gasteiger partial charge < -0.3 is 5.73 Å². The molecule has 1 heterocycles. The lowest BCUT2D eigenvalue weighted by Gasteiger charge is -2.11. The van der Waals surface area contributed by atoms with E-state index in [2.05, 4.69) is 9.82 Å². The Hall–Kier alpha value is -2.02. The first-order valence-corrected chi connectivity index (χ1v) is 7.60. The Morgan fingerprint density at radius 3 is 2.40 bits per heavy atom. The summed E-state index contributed by atoms with van der Waals surface area (Å²) >= 11 is 0. The molecule has 2 aromatic rings. The Morgan fingerprint density at radius 2 is 1.90 bits per heavy atom. The van der Waals surface area contributed by atoms with E-state index >= 15 is 0 Å². The number of aryl methyl sites for hydroxylation is 3. The normalized spacial score (nSPS) is 11.6. The van der Waals surface area contributed by atoms with E-state index in [0.29, 0.717) is 22.6 Å². The summed E-state index contributed by atoms with van der Waals surface area (Å²) in [6, 6.07) is 4.72. The second-order valence-electron chi connectivity index (χ2n) is 4.80. The second-order valence-corrected chi connectivity index (χ2v) is 6.45. The zero-order chi connectivity index (χ0) is 15.1. The van der Waals surface area contributed by atoms with Gasteiger partial charge in [0.15, 0.2) is 0 Å². The number of nitrogens with one attached hydrogen (secondary N) is 1.